The van der Waals surface area contributed by atoms with E-state index in [0.29, 0.717) is 0 Å². The van der Waals surface area contributed by atoms with Crippen LogP contribution >= 0.6 is 0 Å². The Bertz CT molecular complexity index is 682. The maximum absolute atomic E-state index is 4.39. The minimum atomic E-state index is 0.175. The molecule has 2 nitrogen and oxygen atoms in total. The first kappa shape index (κ1) is 13.5. The Morgan fingerprint density at radius 3 is 1.86 bits per heavy atom. The fraction of sp³-hybridized carbons (Fsp3) is 0.158. The summed E-state index contributed by atoms with van der Waals surface area (Å²) in [4.78, 5) is 4.39. The molecule has 0 N–H and O–H groups in total. The van der Waals surface area contributed by atoms with Crippen LogP contribution in [0.4, 0.5) is 0 Å². The van der Waals surface area contributed by atoms with Crippen LogP contribution in [0.15, 0.2) is 73.1 Å². The monoisotopic (exact) mass is 275 g/mol. The molecular formula is C19H19N2+. The van der Waals surface area contributed by atoms with E-state index in [0.717, 1.165) is 11.4 Å². The summed E-state index contributed by atoms with van der Waals surface area (Å²) in [5.74, 6) is 0. The van der Waals surface area contributed by atoms with E-state index in [1.54, 1.807) is 0 Å². The number of benzene rings is 2. The van der Waals surface area contributed by atoms with Gasteiger partial charge in [0.05, 0.1) is 6.20 Å². The number of hydrogen-bond donors (Lipinski definition) is 0. The van der Waals surface area contributed by atoms with Crippen LogP contribution in [-0.4, -0.2) is 4.98 Å². The standard InChI is InChI=1S/C19H19N2/c1-15-14-21(16(2)13-20-15)19(17-9-5-3-6-10-17)18-11-7-4-8-12-18/h3-14,19H,1-2H3/q+1. The van der Waals surface area contributed by atoms with E-state index < -0.39 is 0 Å². The molecule has 0 fully saturated rings. The van der Waals surface area contributed by atoms with Crippen molar-refractivity contribution in [3.8, 4) is 0 Å². The Labute approximate surface area is 125 Å². The maximum Gasteiger partial charge on any atom is 0.209 e. The number of hydrogen-bond acceptors (Lipinski definition) is 1. The van der Waals surface area contributed by atoms with Crippen LogP contribution in [-0.2, 0) is 0 Å². The summed E-state index contributed by atoms with van der Waals surface area (Å²) in [6, 6.07) is 21.4. The lowest BCUT2D eigenvalue weighted by molar-refractivity contribution is -0.711. The molecule has 21 heavy (non-hydrogen) atoms. The van der Waals surface area contributed by atoms with Crippen LogP contribution in [0.1, 0.15) is 28.6 Å². The van der Waals surface area contributed by atoms with Crippen LogP contribution < -0.4 is 4.57 Å². The van der Waals surface area contributed by atoms with Gasteiger partial charge in [0.2, 0.25) is 6.04 Å². The average Bonchev–Trinajstić information content (AvgIpc) is 2.53. The number of aromatic nitrogens is 2. The highest BCUT2D eigenvalue weighted by Gasteiger charge is 2.25. The van der Waals surface area contributed by atoms with E-state index in [9.17, 15) is 0 Å². The number of aryl methyl sites for hydroxylation is 2. The fourth-order valence-corrected chi connectivity index (χ4v) is 2.66. The third-order valence-corrected chi connectivity index (χ3v) is 3.70. The SMILES string of the molecule is Cc1c[n+](C(c2ccccc2)c2ccccc2)c(C)cn1. The first-order valence-corrected chi connectivity index (χ1v) is 7.20. The summed E-state index contributed by atoms with van der Waals surface area (Å²) < 4.78 is 2.30. The molecule has 3 rings (SSSR count). The zero-order valence-electron chi connectivity index (χ0n) is 12.4. The van der Waals surface area contributed by atoms with E-state index in [-0.39, 0.29) is 6.04 Å². The molecule has 0 amide bonds. The molecule has 0 spiro atoms. The summed E-state index contributed by atoms with van der Waals surface area (Å²) >= 11 is 0. The van der Waals surface area contributed by atoms with Gasteiger partial charge in [0.15, 0.2) is 11.9 Å². The van der Waals surface area contributed by atoms with Crippen LogP contribution in [0.2, 0.25) is 0 Å². The van der Waals surface area contributed by atoms with Gasteiger partial charge in [-0.05, 0) is 6.92 Å². The van der Waals surface area contributed by atoms with Crippen LogP contribution in [0.5, 0.6) is 0 Å². The van der Waals surface area contributed by atoms with Crippen LogP contribution in [0.3, 0.4) is 0 Å². The molecule has 0 atom stereocenters. The molecule has 2 aromatic carbocycles. The lowest BCUT2D eigenvalue weighted by atomic mass is 9.98. The fourth-order valence-electron chi connectivity index (χ4n) is 2.66. The normalized spacial score (nSPS) is 10.8. The Kier molecular flexibility index (Phi) is 3.78. The lowest BCUT2D eigenvalue weighted by Crippen LogP contribution is -2.43. The number of rotatable bonds is 3. The van der Waals surface area contributed by atoms with E-state index in [1.807, 2.05) is 13.1 Å². The third-order valence-electron chi connectivity index (χ3n) is 3.70. The highest BCUT2D eigenvalue weighted by atomic mass is 15.0. The van der Waals surface area contributed by atoms with Crippen molar-refractivity contribution in [1.29, 1.82) is 0 Å². The predicted octanol–water partition coefficient (Wildman–Crippen LogP) is 3.62. The second-order valence-electron chi connectivity index (χ2n) is 5.30. The summed E-state index contributed by atoms with van der Waals surface area (Å²) in [5, 5.41) is 0. The molecule has 0 radical (unpaired) electrons. The molecule has 3 aromatic rings. The highest BCUT2D eigenvalue weighted by Crippen LogP contribution is 2.21. The van der Waals surface area contributed by atoms with E-state index in [1.165, 1.54) is 11.1 Å². The van der Waals surface area contributed by atoms with Gasteiger partial charge in [-0.3, -0.25) is 0 Å². The molecule has 0 saturated heterocycles. The first-order valence-electron chi connectivity index (χ1n) is 7.20. The van der Waals surface area contributed by atoms with Gasteiger partial charge in [-0.15, -0.1) is 0 Å². The van der Waals surface area contributed by atoms with Gasteiger partial charge in [-0.25, -0.2) is 4.98 Å². The summed E-state index contributed by atoms with van der Waals surface area (Å²) in [7, 11) is 0. The molecule has 0 bridgehead atoms. The topological polar surface area (TPSA) is 16.8 Å². The van der Waals surface area contributed by atoms with Gasteiger partial charge in [0.1, 0.15) is 5.69 Å². The van der Waals surface area contributed by atoms with Gasteiger partial charge >= 0.3 is 0 Å². The highest BCUT2D eigenvalue weighted by molar-refractivity contribution is 5.29. The second kappa shape index (κ2) is 5.88. The third kappa shape index (κ3) is 2.84. The van der Waals surface area contributed by atoms with Gasteiger partial charge in [0.25, 0.3) is 0 Å². The van der Waals surface area contributed by atoms with Gasteiger partial charge in [-0.1, -0.05) is 60.7 Å². The first-order chi connectivity index (χ1) is 10.3. The minimum absolute atomic E-state index is 0.175. The smallest absolute Gasteiger partial charge is 0.209 e. The molecule has 1 heterocycles. The quantitative estimate of drug-likeness (QED) is 0.667. The molecule has 0 saturated carbocycles. The molecule has 104 valence electrons. The van der Waals surface area contributed by atoms with E-state index in [4.69, 9.17) is 0 Å². The Hall–Kier alpha value is -2.48. The summed E-state index contributed by atoms with van der Waals surface area (Å²) in [6.07, 6.45) is 4.06. The van der Waals surface area contributed by atoms with Gasteiger partial charge in [-0.2, -0.15) is 4.57 Å². The van der Waals surface area contributed by atoms with Gasteiger partial charge < -0.3 is 0 Å². The van der Waals surface area contributed by atoms with Crippen molar-refractivity contribution < 1.29 is 4.57 Å². The molecule has 0 aliphatic heterocycles. The summed E-state index contributed by atoms with van der Waals surface area (Å²) in [5.41, 5.74) is 4.74. The van der Waals surface area contributed by atoms with Crippen LogP contribution in [0.25, 0.3) is 0 Å². The molecule has 1 aromatic heterocycles. The lowest BCUT2D eigenvalue weighted by Gasteiger charge is -2.15. The largest absolute Gasteiger partial charge is 0.249 e. The van der Waals surface area contributed by atoms with Crippen molar-refractivity contribution in [1.82, 2.24) is 4.98 Å². The Morgan fingerprint density at radius 1 is 0.810 bits per heavy atom. The van der Waals surface area contributed by atoms with Crippen molar-refractivity contribution >= 4 is 0 Å². The molecule has 2 heteroatoms. The molecule has 0 aliphatic rings. The zero-order valence-corrected chi connectivity index (χ0v) is 12.4. The van der Waals surface area contributed by atoms with Gasteiger partial charge in [0, 0.05) is 18.1 Å². The zero-order chi connectivity index (χ0) is 14.7. The van der Waals surface area contributed by atoms with Crippen molar-refractivity contribution in [3.05, 3.63) is 95.6 Å². The Balaban J connectivity index is 2.20. The van der Waals surface area contributed by atoms with Crippen molar-refractivity contribution in [3.63, 3.8) is 0 Å². The summed E-state index contributed by atoms with van der Waals surface area (Å²) in [6.45, 7) is 4.13. The van der Waals surface area contributed by atoms with E-state index >= 15 is 0 Å². The second-order valence-corrected chi connectivity index (χ2v) is 5.30. The predicted molar refractivity (Wildman–Crippen MR) is 84.0 cm³/mol. The van der Waals surface area contributed by atoms with Crippen molar-refractivity contribution in [2.45, 2.75) is 19.9 Å². The van der Waals surface area contributed by atoms with Crippen LogP contribution in [0, 0.1) is 13.8 Å². The molecule has 0 unspecified atom stereocenters. The van der Waals surface area contributed by atoms with E-state index in [2.05, 4.69) is 83.3 Å². The van der Waals surface area contributed by atoms with Crippen molar-refractivity contribution in [2.24, 2.45) is 0 Å². The Morgan fingerprint density at radius 2 is 1.33 bits per heavy atom. The van der Waals surface area contributed by atoms with Crippen molar-refractivity contribution in [2.75, 3.05) is 0 Å². The average molecular weight is 275 g/mol. The minimum Gasteiger partial charge on any atom is -0.249 e. The molecular weight excluding hydrogens is 256 g/mol. The number of nitrogens with zero attached hydrogens (tertiary/aromatic N) is 2. The molecule has 0 aliphatic carbocycles. The maximum atomic E-state index is 4.39.